The molecule has 3 nitrogen and oxygen atoms in total. The normalized spacial score (nSPS) is 20.0. The summed E-state index contributed by atoms with van der Waals surface area (Å²) < 4.78 is 3.47. The Labute approximate surface area is 150 Å². The number of hydrogen-bond donors (Lipinski definition) is 1. The van der Waals surface area contributed by atoms with Crippen LogP contribution in [0.5, 0.6) is 0 Å². The molecule has 2 aromatic carbocycles. The van der Waals surface area contributed by atoms with Crippen molar-refractivity contribution in [1.29, 1.82) is 0 Å². The molecule has 2 unspecified atom stereocenters. The van der Waals surface area contributed by atoms with Crippen molar-refractivity contribution in [3.8, 4) is 0 Å². The molecule has 0 bridgehead atoms. The fourth-order valence-electron chi connectivity index (χ4n) is 4.00. The summed E-state index contributed by atoms with van der Waals surface area (Å²) in [6.45, 7) is 1.97. The number of aromatic nitrogens is 1. The number of aliphatic hydroxyl groups is 1. The first-order chi connectivity index (χ1) is 11.7. The Morgan fingerprint density at radius 2 is 1.96 bits per heavy atom. The van der Waals surface area contributed by atoms with E-state index in [1.165, 1.54) is 22.2 Å². The average molecular weight is 385 g/mol. The van der Waals surface area contributed by atoms with E-state index in [1.54, 1.807) is 0 Å². The zero-order valence-electron chi connectivity index (χ0n) is 13.7. The Kier molecular flexibility index (Phi) is 4.21. The summed E-state index contributed by atoms with van der Waals surface area (Å²) in [5.41, 5.74) is 3.86. The van der Waals surface area contributed by atoms with E-state index in [0.29, 0.717) is 0 Å². The monoisotopic (exact) mass is 384 g/mol. The number of fused-ring (bicyclic) bond motifs is 3. The topological polar surface area (TPSA) is 28.4 Å². The molecule has 0 spiro atoms. The molecule has 1 N–H and O–H groups in total. The summed E-state index contributed by atoms with van der Waals surface area (Å²) in [4.78, 5) is 2.36. The minimum absolute atomic E-state index is 0.212. The van der Waals surface area contributed by atoms with Crippen molar-refractivity contribution in [1.82, 2.24) is 9.47 Å². The second-order valence-electron chi connectivity index (χ2n) is 6.67. The highest BCUT2D eigenvalue weighted by atomic mass is 79.9. The molecule has 0 aliphatic carbocycles. The van der Waals surface area contributed by atoms with Gasteiger partial charge in [0.05, 0.1) is 6.04 Å². The van der Waals surface area contributed by atoms with Gasteiger partial charge in [-0.3, -0.25) is 4.90 Å². The van der Waals surface area contributed by atoms with E-state index in [1.807, 2.05) is 6.07 Å². The second-order valence-corrected chi connectivity index (χ2v) is 7.59. The molecule has 1 aliphatic heterocycles. The predicted molar refractivity (Wildman–Crippen MR) is 101 cm³/mol. The van der Waals surface area contributed by atoms with Crippen molar-refractivity contribution >= 4 is 26.8 Å². The zero-order chi connectivity index (χ0) is 16.7. The third-order valence-corrected chi connectivity index (χ3v) is 5.54. The molecule has 0 amide bonds. The van der Waals surface area contributed by atoms with Gasteiger partial charge in [-0.05, 0) is 36.9 Å². The maximum atomic E-state index is 9.91. The molecule has 2 atom stereocenters. The third kappa shape index (κ3) is 2.69. The quantitative estimate of drug-likeness (QED) is 0.729. The second kappa shape index (κ2) is 6.36. The molecular formula is C20H21BrN2O. The van der Waals surface area contributed by atoms with E-state index in [9.17, 15) is 5.11 Å². The highest BCUT2D eigenvalue weighted by Gasteiger charge is 2.36. The van der Waals surface area contributed by atoms with Gasteiger partial charge in [-0.2, -0.15) is 0 Å². The maximum absolute atomic E-state index is 9.91. The minimum Gasteiger partial charge on any atom is -0.396 e. The van der Waals surface area contributed by atoms with Crippen LogP contribution < -0.4 is 0 Å². The van der Waals surface area contributed by atoms with Crippen LogP contribution in [0, 0.1) is 5.92 Å². The van der Waals surface area contributed by atoms with E-state index in [0.717, 1.165) is 17.6 Å². The first-order valence-electron chi connectivity index (χ1n) is 8.31. The van der Waals surface area contributed by atoms with Crippen LogP contribution in [-0.2, 0) is 13.1 Å². The van der Waals surface area contributed by atoms with Gasteiger partial charge in [-0.15, -0.1) is 0 Å². The number of halogens is 1. The van der Waals surface area contributed by atoms with Crippen molar-refractivity contribution < 1.29 is 5.11 Å². The van der Waals surface area contributed by atoms with Gasteiger partial charge in [0.25, 0.3) is 0 Å². The smallest absolute Gasteiger partial charge is 0.0568 e. The van der Waals surface area contributed by atoms with Crippen molar-refractivity contribution in [3.63, 3.8) is 0 Å². The lowest BCUT2D eigenvalue weighted by Crippen LogP contribution is -2.29. The molecular weight excluding hydrogens is 364 g/mol. The molecule has 0 saturated carbocycles. The number of hydrogen-bond acceptors (Lipinski definition) is 2. The molecule has 2 heterocycles. The summed E-state index contributed by atoms with van der Waals surface area (Å²) in [5, 5.41) is 11.2. The van der Waals surface area contributed by atoms with E-state index in [-0.39, 0.29) is 18.6 Å². The van der Waals surface area contributed by atoms with Crippen LogP contribution in [0.4, 0.5) is 0 Å². The van der Waals surface area contributed by atoms with Crippen molar-refractivity contribution in [2.75, 3.05) is 13.7 Å². The van der Waals surface area contributed by atoms with Gasteiger partial charge < -0.3 is 9.67 Å². The molecule has 4 heteroatoms. The maximum Gasteiger partial charge on any atom is 0.0568 e. The van der Waals surface area contributed by atoms with Crippen LogP contribution in [0.15, 0.2) is 59.1 Å². The van der Waals surface area contributed by atoms with Gasteiger partial charge >= 0.3 is 0 Å². The molecule has 0 saturated heterocycles. The largest absolute Gasteiger partial charge is 0.396 e. The Bertz CT molecular complexity index is 859. The number of benzene rings is 2. The van der Waals surface area contributed by atoms with E-state index in [2.05, 4.69) is 81.0 Å². The van der Waals surface area contributed by atoms with Crippen LogP contribution in [-0.4, -0.2) is 28.2 Å². The highest BCUT2D eigenvalue weighted by Crippen LogP contribution is 2.40. The van der Waals surface area contributed by atoms with Crippen molar-refractivity contribution in [2.24, 2.45) is 5.92 Å². The predicted octanol–water partition coefficient (Wildman–Crippen LogP) is 4.20. The van der Waals surface area contributed by atoms with Gasteiger partial charge in [-0.25, -0.2) is 0 Å². The van der Waals surface area contributed by atoms with Crippen LogP contribution in [0.25, 0.3) is 10.9 Å². The summed E-state index contributed by atoms with van der Waals surface area (Å²) in [7, 11) is 2.16. The molecule has 1 aliphatic rings. The Morgan fingerprint density at radius 3 is 2.71 bits per heavy atom. The SMILES string of the molecule is CN(Cc1ccccc1)C1c2cc3cc(Br)ccc3n2CC1CO. The first kappa shape index (κ1) is 15.9. The lowest BCUT2D eigenvalue weighted by atomic mass is 9.99. The third-order valence-electron chi connectivity index (χ3n) is 5.05. The molecule has 0 radical (unpaired) electrons. The number of aliphatic hydroxyl groups excluding tert-OH is 1. The Balaban J connectivity index is 1.71. The van der Waals surface area contributed by atoms with Crippen LogP contribution in [0.3, 0.4) is 0 Å². The van der Waals surface area contributed by atoms with Crippen LogP contribution in [0.2, 0.25) is 0 Å². The standard InChI is InChI=1S/C20H21BrN2O/c1-22(11-14-5-3-2-4-6-14)20-16(13-24)12-23-18-8-7-17(21)9-15(18)10-19(20)23/h2-10,16,20,24H,11-13H2,1H3. The zero-order valence-corrected chi connectivity index (χ0v) is 15.3. The minimum atomic E-state index is 0.212. The van der Waals surface area contributed by atoms with E-state index >= 15 is 0 Å². The molecule has 4 rings (SSSR count). The van der Waals surface area contributed by atoms with Gasteiger partial charge in [0.2, 0.25) is 0 Å². The van der Waals surface area contributed by atoms with Gasteiger partial charge in [0.15, 0.2) is 0 Å². The van der Waals surface area contributed by atoms with Gasteiger partial charge in [0.1, 0.15) is 0 Å². The highest BCUT2D eigenvalue weighted by molar-refractivity contribution is 9.10. The molecule has 24 heavy (non-hydrogen) atoms. The van der Waals surface area contributed by atoms with Crippen molar-refractivity contribution in [3.05, 3.63) is 70.3 Å². The average Bonchev–Trinajstić information content (AvgIpc) is 3.10. The summed E-state index contributed by atoms with van der Waals surface area (Å²) in [6.07, 6.45) is 0. The van der Waals surface area contributed by atoms with Crippen LogP contribution >= 0.6 is 15.9 Å². The van der Waals surface area contributed by atoms with E-state index in [4.69, 9.17) is 0 Å². The first-order valence-corrected chi connectivity index (χ1v) is 9.10. The molecule has 1 aromatic heterocycles. The molecule has 124 valence electrons. The lowest BCUT2D eigenvalue weighted by molar-refractivity contribution is 0.122. The Hall–Kier alpha value is -1.62. The Morgan fingerprint density at radius 1 is 1.17 bits per heavy atom. The molecule has 3 aromatic rings. The summed E-state index contributed by atoms with van der Waals surface area (Å²) in [6, 6.07) is 19.5. The van der Waals surface area contributed by atoms with Crippen LogP contribution in [0.1, 0.15) is 17.3 Å². The van der Waals surface area contributed by atoms with Crippen molar-refractivity contribution in [2.45, 2.75) is 19.1 Å². The fourth-order valence-corrected chi connectivity index (χ4v) is 4.38. The van der Waals surface area contributed by atoms with Gasteiger partial charge in [-0.1, -0.05) is 46.3 Å². The lowest BCUT2D eigenvalue weighted by Gasteiger charge is -2.28. The van der Waals surface area contributed by atoms with Gasteiger partial charge in [0, 0.05) is 46.7 Å². The van der Waals surface area contributed by atoms with E-state index < -0.39 is 0 Å². The molecule has 0 fully saturated rings. The summed E-state index contributed by atoms with van der Waals surface area (Å²) >= 11 is 3.56. The fraction of sp³-hybridized carbons (Fsp3) is 0.300. The summed E-state index contributed by atoms with van der Waals surface area (Å²) in [5.74, 6) is 0.238. The number of nitrogens with zero attached hydrogens (tertiary/aromatic N) is 2. The number of rotatable bonds is 4.